The number of amides is 2. The molecule has 1 fully saturated rings. The highest BCUT2D eigenvalue weighted by Crippen LogP contribution is 2.33. The van der Waals surface area contributed by atoms with Crippen LogP contribution in [-0.2, 0) is 16.0 Å². The average Bonchev–Trinajstić information content (AvgIpc) is 2.70. The summed E-state index contributed by atoms with van der Waals surface area (Å²) in [7, 11) is 0. The van der Waals surface area contributed by atoms with E-state index >= 15 is 0 Å². The van der Waals surface area contributed by atoms with Gasteiger partial charge in [0.15, 0.2) is 16.6 Å². The predicted octanol–water partition coefficient (Wildman–Crippen LogP) is 4.00. The van der Waals surface area contributed by atoms with Gasteiger partial charge in [0.2, 0.25) is 0 Å². The first-order valence-corrected chi connectivity index (χ1v) is 9.91. The van der Waals surface area contributed by atoms with E-state index in [-0.39, 0.29) is 22.2 Å². The fourth-order valence-electron chi connectivity index (χ4n) is 3.00. The van der Waals surface area contributed by atoms with Crippen LogP contribution in [0.1, 0.15) is 18.1 Å². The summed E-state index contributed by atoms with van der Waals surface area (Å²) >= 11 is 11.1. The summed E-state index contributed by atoms with van der Waals surface area (Å²) in [5.41, 5.74) is 1.47. The highest BCUT2D eigenvalue weighted by molar-refractivity contribution is 7.80. The number of phenols is 1. The zero-order chi connectivity index (χ0) is 21.8. The summed E-state index contributed by atoms with van der Waals surface area (Å²) in [6.45, 7) is 5.82. The second-order valence-electron chi connectivity index (χ2n) is 6.39. The van der Waals surface area contributed by atoms with Crippen LogP contribution in [0.15, 0.2) is 54.6 Å². The maximum Gasteiger partial charge on any atom is 0.270 e. The van der Waals surface area contributed by atoms with Crippen molar-refractivity contribution in [3.63, 3.8) is 0 Å². The number of nitrogens with one attached hydrogen (secondary N) is 1. The number of thiocarbonyl (C=S) groups is 1. The number of benzene rings is 2. The Morgan fingerprint density at radius 1 is 1.27 bits per heavy atom. The number of halogens is 1. The smallest absolute Gasteiger partial charge is 0.270 e. The Labute approximate surface area is 184 Å². The van der Waals surface area contributed by atoms with Gasteiger partial charge in [0.1, 0.15) is 5.57 Å². The highest BCUT2D eigenvalue weighted by Gasteiger charge is 2.34. The molecule has 0 spiro atoms. The lowest BCUT2D eigenvalue weighted by atomic mass is 10.0. The molecular formula is C22H19ClN2O4S. The summed E-state index contributed by atoms with van der Waals surface area (Å²) in [4.78, 5) is 26.8. The van der Waals surface area contributed by atoms with E-state index in [0.29, 0.717) is 34.9 Å². The Balaban J connectivity index is 2.05. The van der Waals surface area contributed by atoms with Crippen molar-refractivity contribution in [2.75, 3.05) is 11.5 Å². The first kappa shape index (κ1) is 21.5. The van der Waals surface area contributed by atoms with Crippen LogP contribution in [0.3, 0.4) is 0 Å². The number of allylic oxidation sites excluding steroid dienone is 1. The molecular weight excluding hydrogens is 424 g/mol. The minimum Gasteiger partial charge on any atom is -0.504 e. The predicted molar refractivity (Wildman–Crippen MR) is 121 cm³/mol. The summed E-state index contributed by atoms with van der Waals surface area (Å²) in [6, 6.07) is 9.77. The lowest BCUT2D eigenvalue weighted by Crippen LogP contribution is -2.54. The number of anilines is 1. The molecule has 0 radical (unpaired) electrons. The summed E-state index contributed by atoms with van der Waals surface area (Å²) in [5.74, 6) is -0.909. The molecule has 0 saturated carbocycles. The number of nitrogens with zero attached hydrogens (tertiary/aromatic N) is 1. The van der Waals surface area contributed by atoms with E-state index < -0.39 is 11.8 Å². The third-order valence-electron chi connectivity index (χ3n) is 4.34. The molecule has 2 aromatic rings. The number of hydrogen-bond acceptors (Lipinski definition) is 5. The van der Waals surface area contributed by atoms with Crippen LogP contribution >= 0.6 is 23.8 Å². The lowest BCUT2D eigenvalue weighted by Gasteiger charge is -2.29. The summed E-state index contributed by atoms with van der Waals surface area (Å²) < 4.78 is 5.48. The Kier molecular flexibility index (Phi) is 6.54. The number of carbonyl (C=O) groups excluding carboxylic acids is 2. The molecule has 0 atom stereocenters. The monoisotopic (exact) mass is 442 g/mol. The number of rotatable bonds is 6. The van der Waals surface area contributed by atoms with Gasteiger partial charge in [0, 0.05) is 10.6 Å². The van der Waals surface area contributed by atoms with Crippen LogP contribution in [0.25, 0.3) is 6.08 Å². The summed E-state index contributed by atoms with van der Waals surface area (Å²) in [6.07, 6.45) is 3.47. The zero-order valence-corrected chi connectivity index (χ0v) is 17.7. The van der Waals surface area contributed by atoms with Crippen LogP contribution in [-0.4, -0.2) is 28.6 Å². The maximum absolute atomic E-state index is 13.1. The average molecular weight is 443 g/mol. The Hall–Kier alpha value is -3.16. The van der Waals surface area contributed by atoms with Crippen LogP contribution in [0, 0.1) is 0 Å². The molecule has 0 bridgehead atoms. The third-order valence-corrected chi connectivity index (χ3v) is 4.87. The van der Waals surface area contributed by atoms with Crippen molar-refractivity contribution >= 4 is 52.5 Å². The summed E-state index contributed by atoms with van der Waals surface area (Å²) in [5, 5.41) is 13.4. The fourth-order valence-corrected chi connectivity index (χ4v) is 3.40. The maximum atomic E-state index is 13.1. The van der Waals surface area contributed by atoms with E-state index in [1.54, 1.807) is 49.4 Å². The number of aromatic hydroxyl groups is 1. The minimum absolute atomic E-state index is 0.00212. The highest BCUT2D eigenvalue weighted by atomic mass is 35.5. The van der Waals surface area contributed by atoms with Crippen molar-refractivity contribution in [3.8, 4) is 11.5 Å². The molecule has 30 heavy (non-hydrogen) atoms. The first-order valence-electron chi connectivity index (χ1n) is 9.12. The largest absolute Gasteiger partial charge is 0.504 e. The molecule has 1 heterocycles. The molecule has 0 unspecified atom stereocenters. The molecule has 154 valence electrons. The Bertz CT molecular complexity index is 1060. The van der Waals surface area contributed by atoms with Gasteiger partial charge in [0.05, 0.1) is 12.3 Å². The molecule has 3 rings (SSSR count). The van der Waals surface area contributed by atoms with Crippen molar-refractivity contribution in [2.24, 2.45) is 0 Å². The Morgan fingerprint density at radius 2 is 1.97 bits per heavy atom. The second kappa shape index (κ2) is 9.11. The van der Waals surface area contributed by atoms with E-state index in [1.807, 2.05) is 0 Å². The van der Waals surface area contributed by atoms with Crippen molar-refractivity contribution < 1.29 is 19.4 Å². The molecule has 6 nitrogen and oxygen atoms in total. The molecule has 1 aliphatic rings. The molecule has 0 aromatic heterocycles. The van der Waals surface area contributed by atoms with Gasteiger partial charge in [0.25, 0.3) is 11.8 Å². The zero-order valence-electron chi connectivity index (χ0n) is 16.1. The van der Waals surface area contributed by atoms with Crippen molar-refractivity contribution in [1.82, 2.24) is 5.32 Å². The molecule has 8 heteroatoms. The van der Waals surface area contributed by atoms with Gasteiger partial charge in [-0.25, -0.2) is 0 Å². The van der Waals surface area contributed by atoms with Crippen molar-refractivity contribution in [2.45, 2.75) is 13.3 Å². The molecule has 1 saturated heterocycles. The van der Waals surface area contributed by atoms with Crippen LogP contribution < -0.4 is 15.0 Å². The lowest BCUT2D eigenvalue weighted by molar-refractivity contribution is -0.122. The van der Waals surface area contributed by atoms with Gasteiger partial charge in [-0.05, 0) is 73.6 Å². The van der Waals surface area contributed by atoms with Crippen LogP contribution in [0.2, 0.25) is 5.02 Å². The fraction of sp³-hybridized carbons (Fsp3) is 0.136. The number of carbonyl (C=O) groups is 2. The third kappa shape index (κ3) is 4.37. The van der Waals surface area contributed by atoms with Gasteiger partial charge in [-0.2, -0.15) is 0 Å². The van der Waals surface area contributed by atoms with Gasteiger partial charge in [-0.15, -0.1) is 6.58 Å². The van der Waals surface area contributed by atoms with Crippen molar-refractivity contribution in [3.05, 3.63) is 70.8 Å². The number of hydrogen-bond donors (Lipinski definition) is 2. The molecule has 0 aliphatic carbocycles. The van der Waals surface area contributed by atoms with Gasteiger partial charge in [-0.3, -0.25) is 19.8 Å². The minimum atomic E-state index is -0.605. The molecule has 2 amide bonds. The second-order valence-corrected chi connectivity index (χ2v) is 7.21. The van der Waals surface area contributed by atoms with Gasteiger partial charge in [-0.1, -0.05) is 17.7 Å². The standard InChI is InChI=1S/C22H19ClN2O4S/c1-3-5-14-10-13(12-18(19(14)26)29-4-2)11-17-20(27)24-22(30)25(21(17)28)16-8-6-15(23)7-9-16/h3,6-12,26H,1,4-5H2,2H3,(H,24,27,30)/b17-11-. The SMILES string of the molecule is C=CCc1cc(/C=C2/C(=O)NC(=S)N(c3ccc(Cl)cc3)C2=O)cc(OCC)c1O. The molecule has 2 aromatic carbocycles. The Morgan fingerprint density at radius 3 is 2.60 bits per heavy atom. The molecule has 1 aliphatic heterocycles. The van der Waals surface area contributed by atoms with Crippen LogP contribution in [0.4, 0.5) is 5.69 Å². The topological polar surface area (TPSA) is 78.9 Å². The van der Waals surface area contributed by atoms with Gasteiger partial charge < -0.3 is 9.84 Å². The van der Waals surface area contributed by atoms with E-state index in [1.165, 1.54) is 11.0 Å². The quantitative estimate of drug-likeness (QED) is 0.306. The molecule has 2 N–H and O–H groups in total. The van der Waals surface area contributed by atoms with E-state index in [4.69, 9.17) is 28.6 Å². The first-order chi connectivity index (χ1) is 14.3. The van der Waals surface area contributed by atoms with Crippen molar-refractivity contribution in [1.29, 1.82) is 0 Å². The van der Waals surface area contributed by atoms with Crippen LogP contribution in [0.5, 0.6) is 11.5 Å². The normalized spacial score (nSPS) is 15.3. The van der Waals surface area contributed by atoms with E-state index in [0.717, 1.165) is 0 Å². The van der Waals surface area contributed by atoms with Gasteiger partial charge >= 0.3 is 0 Å². The number of ether oxygens (including phenoxy) is 1. The number of phenolic OH excluding ortho intramolecular Hbond substituents is 1. The van der Waals surface area contributed by atoms with E-state index in [2.05, 4.69) is 11.9 Å². The van der Waals surface area contributed by atoms with E-state index in [9.17, 15) is 14.7 Å².